The number of benzene rings is 2. The lowest BCUT2D eigenvalue weighted by Gasteiger charge is -2.32. The van der Waals surface area contributed by atoms with Gasteiger partial charge < -0.3 is 25.0 Å². The van der Waals surface area contributed by atoms with Crippen LogP contribution in [0.4, 0.5) is 10.5 Å². The van der Waals surface area contributed by atoms with Crippen LogP contribution >= 0.6 is 0 Å². The molecule has 7 heteroatoms. The number of nitrogens with one attached hydrogen (secondary N) is 2. The molecule has 0 radical (unpaired) electrons. The maximum atomic E-state index is 12.4. The molecule has 2 amide bonds. The Morgan fingerprint density at radius 3 is 2.59 bits per heavy atom. The minimum Gasteiger partial charge on any atom is -0.493 e. The van der Waals surface area contributed by atoms with Crippen molar-refractivity contribution in [3.8, 4) is 11.5 Å². The van der Waals surface area contributed by atoms with E-state index in [1.165, 1.54) is 0 Å². The van der Waals surface area contributed by atoms with Gasteiger partial charge in [-0.15, -0.1) is 0 Å². The third-order valence-corrected chi connectivity index (χ3v) is 5.70. The van der Waals surface area contributed by atoms with Gasteiger partial charge >= 0.3 is 6.03 Å². The molecule has 0 atom stereocenters. The number of likely N-dealkylation sites (tertiary alicyclic amines) is 1. The third-order valence-electron chi connectivity index (χ3n) is 5.70. The fraction of sp³-hybridized carbons (Fsp3) is 0.360. The molecule has 1 fully saturated rings. The minimum atomic E-state index is -0.199. The molecule has 0 unspecified atom stereocenters. The highest BCUT2D eigenvalue weighted by Gasteiger charge is 2.21. The van der Waals surface area contributed by atoms with E-state index in [0.717, 1.165) is 66.3 Å². The fourth-order valence-corrected chi connectivity index (χ4v) is 4.05. The first-order valence-corrected chi connectivity index (χ1v) is 11.1. The zero-order valence-corrected chi connectivity index (χ0v) is 18.6. The molecule has 0 bridgehead atoms. The van der Waals surface area contributed by atoms with Crippen molar-refractivity contribution in [1.82, 2.24) is 15.2 Å². The molecule has 2 N–H and O–H groups in total. The number of rotatable bonds is 7. The SMILES string of the molecule is COc1ccccc1OC1CCN(CCNC(=O)Nc2cc(C)nc3ccccc23)CC1. The minimum absolute atomic E-state index is 0.182. The van der Waals surface area contributed by atoms with Crippen LogP contribution < -0.4 is 20.1 Å². The Hall–Kier alpha value is -3.32. The molecule has 168 valence electrons. The molecule has 0 spiro atoms. The van der Waals surface area contributed by atoms with Crippen LogP contribution in [0.3, 0.4) is 0 Å². The summed E-state index contributed by atoms with van der Waals surface area (Å²) in [6.45, 7) is 5.21. The molecule has 3 aromatic rings. The van der Waals surface area contributed by atoms with Gasteiger partial charge in [-0.1, -0.05) is 30.3 Å². The smallest absolute Gasteiger partial charge is 0.319 e. The number of carbonyl (C=O) groups excluding carboxylic acids is 1. The molecular weight excluding hydrogens is 404 g/mol. The number of aromatic nitrogens is 1. The van der Waals surface area contributed by atoms with Crippen molar-refractivity contribution in [2.75, 3.05) is 38.6 Å². The quantitative estimate of drug-likeness (QED) is 0.582. The van der Waals surface area contributed by atoms with E-state index in [2.05, 4.69) is 20.5 Å². The van der Waals surface area contributed by atoms with E-state index in [0.29, 0.717) is 6.54 Å². The van der Waals surface area contributed by atoms with Crippen molar-refractivity contribution in [3.63, 3.8) is 0 Å². The summed E-state index contributed by atoms with van der Waals surface area (Å²) < 4.78 is 11.5. The van der Waals surface area contributed by atoms with E-state index in [1.54, 1.807) is 7.11 Å². The van der Waals surface area contributed by atoms with Gasteiger partial charge in [0.1, 0.15) is 6.10 Å². The Balaban J connectivity index is 1.21. The van der Waals surface area contributed by atoms with Crippen LogP contribution in [-0.2, 0) is 0 Å². The number of ether oxygens (including phenoxy) is 2. The van der Waals surface area contributed by atoms with Gasteiger partial charge in [-0.05, 0) is 44.0 Å². The number of piperidine rings is 1. The van der Waals surface area contributed by atoms with E-state index in [4.69, 9.17) is 9.47 Å². The number of pyridine rings is 1. The second-order valence-corrected chi connectivity index (χ2v) is 8.02. The molecule has 0 saturated carbocycles. The number of amides is 2. The largest absolute Gasteiger partial charge is 0.493 e. The number of methoxy groups -OCH3 is 1. The number of carbonyl (C=O) groups is 1. The van der Waals surface area contributed by atoms with Crippen molar-refractivity contribution < 1.29 is 14.3 Å². The number of hydrogen-bond acceptors (Lipinski definition) is 5. The number of para-hydroxylation sites is 3. The van der Waals surface area contributed by atoms with Gasteiger partial charge in [-0.2, -0.15) is 0 Å². The fourth-order valence-electron chi connectivity index (χ4n) is 4.05. The van der Waals surface area contributed by atoms with Crippen LogP contribution in [0.1, 0.15) is 18.5 Å². The summed E-state index contributed by atoms with van der Waals surface area (Å²) >= 11 is 0. The Morgan fingerprint density at radius 1 is 1.09 bits per heavy atom. The summed E-state index contributed by atoms with van der Waals surface area (Å²) in [6.07, 6.45) is 2.08. The van der Waals surface area contributed by atoms with Crippen molar-refractivity contribution in [2.45, 2.75) is 25.9 Å². The Kier molecular flexibility index (Phi) is 7.07. The summed E-state index contributed by atoms with van der Waals surface area (Å²) in [7, 11) is 1.66. The summed E-state index contributed by atoms with van der Waals surface area (Å²) in [5.41, 5.74) is 2.53. The van der Waals surface area contributed by atoms with Gasteiger partial charge in [0.15, 0.2) is 11.5 Å². The van der Waals surface area contributed by atoms with Gasteiger partial charge in [0.25, 0.3) is 0 Å². The number of aryl methyl sites for hydroxylation is 1. The average molecular weight is 435 g/mol. The lowest BCUT2D eigenvalue weighted by molar-refractivity contribution is 0.0987. The van der Waals surface area contributed by atoms with Crippen LogP contribution in [0.5, 0.6) is 11.5 Å². The highest BCUT2D eigenvalue weighted by molar-refractivity contribution is 6.00. The molecule has 1 saturated heterocycles. The van der Waals surface area contributed by atoms with E-state index >= 15 is 0 Å². The molecule has 1 aromatic heterocycles. The molecule has 2 heterocycles. The van der Waals surface area contributed by atoms with Gasteiger partial charge in [-0.25, -0.2) is 4.79 Å². The third kappa shape index (κ3) is 5.48. The molecule has 4 rings (SSSR count). The van der Waals surface area contributed by atoms with E-state index < -0.39 is 0 Å². The van der Waals surface area contributed by atoms with Crippen LogP contribution in [0.25, 0.3) is 10.9 Å². The maximum Gasteiger partial charge on any atom is 0.319 e. The number of fused-ring (bicyclic) bond motifs is 1. The van der Waals surface area contributed by atoms with Crippen LogP contribution in [-0.4, -0.2) is 55.3 Å². The second kappa shape index (κ2) is 10.3. The first kappa shape index (κ1) is 21.9. The topological polar surface area (TPSA) is 75.7 Å². The van der Waals surface area contributed by atoms with Gasteiger partial charge in [0, 0.05) is 37.3 Å². The van der Waals surface area contributed by atoms with Crippen LogP contribution in [0, 0.1) is 6.92 Å². The summed E-state index contributed by atoms with van der Waals surface area (Å²) in [4.78, 5) is 19.3. The molecule has 1 aliphatic heterocycles. The first-order chi connectivity index (χ1) is 15.6. The monoisotopic (exact) mass is 434 g/mol. The first-order valence-electron chi connectivity index (χ1n) is 11.1. The lowest BCUT2D eigenvalue weighted by Crippen LogP contribution is -2.42. The highest BCUT2D eigenvalue weighted by Crippen LogP contribution is 2.29. The lowest BCUT2D eigenvalue weighted by atomic mass is 10.1. The summed E-state index contributed by atoms with van der Waals surface area (Å²) in [5.74, 6) is 1.56. The van der Waals surface area contributed by atoms with E-state index in [-0.39, 0.29) is 12.1 Å². The number of urea groups is 1. The molecule has 2 aromatic carbocycles. The van der Waals surface area contributed by atoms with Gasteiger partial charge in [0.05, 0.1) is 18.3 Å². The van der Waals surface area contributed by atoms with E-state index in [1.807, 2.05) is 61.5 Å². The number of anilines is 1. The summed E-state index contributed by atoms with van der Waals surface area (Å²) in [5, 5.41) is 6.87. The molecule has 1 aliphatic rings. The predicted molar refractivity (Wildman–Crippen MR) is 127 cm³/mol. The Bertz CT molecular complexity index is 1060. The van der Waals surface area contributed by atoms with Crippen molar-refractivity contribution >= 4 is 22.6 Å². The standard InChI is InChI=1S/C25H30N4O3/c1-18-17-22(20-7-3-4-8-21(20)27-18)28-25(30)26-13-16-29-14-11-19(12-15-29)32-24-10-6-5-9-23(24)31-2/h3-10,17,19H,11-16H2,1-2H3,(H2,26,27,28,30). The summed E-state index contributed by atoms with van der Waals surface area (Å²) in [6, 6.07) is 17.3. The zero-order valence-electron chi connectivity index (χ0n) is 18.6. The molecule has 0 aliphatic carbocycles. The van der Waals surface area contributed by atoms with Crippen LogP contribution in [0.2, 0.25) is 0 Å². The molecule has 32 heavy (non-hydrogen) atoms. The van der Waals surface area contributed by atoms with E-state index in [9.17, 15) is 4.79 Å². The zero-order chi connectivity index (χ0) is 22.3. The normalized spacial score (nSPS) is 14.8. The second-order valence-electron chi connectivity index (χ2n) is 8.02. The number of nitrogens with zero attached hydrogens (tertiary/aromatic N) is 2. The van der Waals surface area contributed by atoms with Crippen molar-refractivity contribution in [2.24, 2.45) is 0 Å². The predicted octanol–water partition coefficient (Wildman–Crippen LogP) is 4.22. The Labute approximate surface area is 188 Å². The molecule has 7 nitrogen and oxygen atoms in total. The van der Waals surface area contributed by atoms with Crippen molar-refractivity contribution in [1.29, 1.82) is 0 Å². The van der Waals surface area contributed by atoms with Crippen molar-refractivity contribution in [3.05, 3.63) is 60.3 Å². The molecular formula is C25H30N4O3. The van der Waals surface area contributed by atoms with Gasteiger partial charge in [0.2, 0.25) is 0 Å². The van der Waals surface area contributed by atoms with Gasteiger partial charge in [-0.3, -0.25) is 4.98 Å². The van der Waals surface area contributed by atoms with Crippen LogP contribution in [0.15, 0.2) is 54.6 Å². The number of hydrogen-bond donors (Lipinski definition) is 2. The highest BCUT2D eigenvalue weighted by atomic mass is 16.5. The Morgan fingerprint density at radius 2 is 1.81 bits per heavy atom. The maximum absolute atomic E-state index is 12.4. The average Bonchev–Trinajstić information content (AvgIpc) is 2.80.